The number of hydrogen-bond donors (Lipinski definition) is 1. The molecule has 1 aliphatic carbocycles. The smallest absolute Gasteiger partial charge is 0.138 e. The molecule has 0 spiro atoms. The Bertz CT molecular complexity index is 379. The van der Waals surface area contributed by atoms with Crippen LogP contribution >= 0.6 is 27.5 Å². The molecule has 2 nitrogen and oxygen atoms in total. The van der Waals surface area contributed by atoms with Gasteiger partial charge < -0.3 is 10.5 Å². The van der Waals surface area contributed by atoms with Gasteiger partial charge in [0.2, 0.25) is 0 Å². The van der Waals surface area contributed by atoms with E-state index in [2.05, 4.69) is 15.9 Å². The highest BCUT2D eigenvalue weighted by Crippen LogP contribution is 2.41. The topological polar surface area (TPSA) is 35.2 Å². The van der Waals surface area contributed by atoms with E-state index >= 15 is 0 Å². The summed E-state index contributed by atoms with van der Waals surface area (Å²) in [6.45, 7) is 0.661. The predicted octanol–water partition coefficient (Wildman–Crippen LogP) is 3.75. The van der Waals surface area contributed by atoms with E-state index in [9.17, 15) is 0 Å². The first kappa shape index (κ1) is 12.2. The fraction of sp³-hybridized carbons (Fsp3) is 0.500. The second-order valence-corrected chi connectivity index (χ2v) is 5.57. The van der Waals surface area contributed by atoms with E-state index in [1.54, 1.807) is 0 Å². The molecule has 2 rings (SSSR count). The zero-order chi connectivity index (χ0) is 11.6. The summed E-state index contributed by atoms with van der Waals surface area (Å²) in [5.41, 5.74) is 5.56. The number of halogens is 2. The predicted molar refractivity (Wildman–Crippen MR) is 70.0 cm³/mol. The number of rotatable bonds is 4. The molecule has 0 saturated heterocycles. The molecule has 0 aliphatic heterocycles. The van der Waals surface area contributed by atoms with Crippen LogP contribution in [0.4, 0.5) is 0 Å². The molecule has 1 aliphatic rings. The molecule has 1 fully saturated rings. The summed E-state index contributed by atoms with van der Waals surface area (Å²) in [5.74, 6) is 0.762. The third-order valence-corrected chi connectivity index (χ3v) is 3.87. The molecule has 0 atom stereocenters. The minimum Gasteiger partial charge on any atom is -0.486 e. The lowest BCUT2D eigenvalue weighted by Crippen LogP contribution is -2.44. The van der Waals surface area contributed by atoms with Crippen molar-refractivity contribution in [2.45, 2.75) is 31.3 Å². The highest BCUT2D eigenvalue weighted by atomic mass is 79.9. The molecule has 0 unspecified atom stereocenters. The first-order valence-electron chi connectivity index (χ1n) is 5.49. The normalized spacial score (nSPS) is 17.9. The average molecular weight is 305 g/mol. The number of nitrogens with two attached hydrogens (primary N) is 1. The van der Waals surface area contributed by atoms with Crippen molar-refractivity contribution in [3.05, 3.63) is 27.7 Å². The maximum absolute atomic E-state index is 6.13. The Hall–Kier alpha value is -0.250. The first-order valence-corrected chi connectivity index (χ1v) is 6.66. The van der Waals surface area contributed by atoms with Gasteiger partial charge in [-0.1, -0.05) is 27.5 Å². The van der Waals surface area contributed by atoms with Crippen LogP contribution in [-0.4, -0.2) is 12.1 Å². The molecule has 2 N–H and O–H groups in total. The third kappa shape index (κ3) is 2.53. The maximum Gasteiger partial charge on any atom is 0.138 e. The fourth-order valence-corrected chi connectivity index (χ4v) is 2.74. The lowest BCUT2D eigenvalue weighted by molar-refractivity contribution is -0.0124. The summed E-state index contributed by atoms with van der Waals surface area (Å²) < 4.78 is 7.00. The third-order valence-electron chi connectivity index (χ3n) is 3.09. The zero-order valence-electron chi connectivity index (χ0n) is 9.01. The Morgan fingerprint density at radius 3 is 2.69 bits per heavy atom. The van der Waals surface area contributed by atoms with Gasteiger partial charge in [0.25, 0.3) is 0 Å². The van der Waals surface area contributed by atoms with Crippen LogP contribution in [0.3, 0.4) is 0 Å². The van der Waals surface area contributed by atoms with Crippen molar-refractivity contribution in [1.29, 1.82) is 0 Å². The summed E-state index contributed by atoms with van der Waals surface area (Å²) in [6, 6.07) is 5.70. The SMILES string of the molecule is NCCC1(Oc2ccc(Br)cc2Cl)CCC1. The molecule has 0 aromatic heterocycles. The van der Waals surface area contributed by atoms with Crippen LogP contribution in [0, 0.1) is 0 Å². The van der Waals surface area contributed by atoms with Gasteiger partial charge in [0.1, 0.15) is 11.4 Å². The molecule has 16 heavy (non-hydrogen) atoms. The van der Waals surface area contributed by atoms with Crippen molar-refractivity contribution in [2.75, 3.05) is 6.54 Å². The van der Waals surface area contributed by atoms with Gasteiger partial charge in [-0.05, 0) is 50.4 Å². The van der Waals surface area contributed by atoms with Gasteiger partial charge in [0, 0.05) is 4.47 Å². The molecule has 0 heterocycles. The Balaban J connectivity index is 2.13. The second kappa shape index (κ2) is 4.94. The standard InChI is InChI=1S/C12H15BrClNO/c13-9-2-3-11(10(14)8-9)16-12(6-7-15)4-1-5-12/h2-3,8H,1,4-7,15H2. The molecule has 1 aromatic carbocycles. The van der Waals surface area contributed by atoms with Crippen molar-refractivity contribution >= 4 is 27.5 Å². The Labute approximate surface area is 109 Å². The molecule has 88 valence electrons. The molecule has 0 radical (unpaired) electrons. The van der Waals surface area contributed by atoms with Gasteiger partial charge in [-0.3, -0.25) is 0 Å². The second-order valence-electron chi connectivity index (χ2n) is 4.25. The summed E-state index contributed by atoms with van der Waals surface area (Å²) in [4.78, 5) is 0. The summed E-state index contributed by atoms with van der Waals surface area (Å²) in [7, 11) is 0. The van der Waals surface area contributed by atoms with Crippen molar-refractivity contribution in [3.8, 4) is 5.75 Å². The zero-order valence-corrected chi connectivity index (χ0v) is 11.4. The van der Waals surface area contributed by atoms with Crippen LogP contribution in [0.25, 0.3) is 0 Å². The molecular formula is C12H15BrClNO. The van der Waals surface area contributed by atoms with E-state index in [1.807, 2.05) is 18.2 Å². The fourth-order valence-electron chi connectivity index (χ4n) is 2.03. The van der Waals surface area contributed by atoms with Crippen LogP contribution < -0.4 is 10.5 Å². The lowest BCUT2D eigenvalue weighted by Gasteiger charge is -2.42. The first-order chi connectivity index (χ1) is 7.65. The van der Waals surface area contributed by atoms with E-state index in [4.69, 9.17) is 22.1 Å². The van der Waals surface area contributed by atoms with Crippen LogP contribution in [0.2, 0.25) is 5.02 Å². The molecule has 0 bridgehead atoms. The van der Waals surface area contributed by atoms with Gasteiger partial charge in [0.05, 0.1) is 5.02 Å². The van der Waals surface area contributed by atoms with Gasteiger partial charge in [-0.25, -0.2) is 0 Å². The lowest BCUT2D eigenvalue weighted by atomic mass is 9.77. The number of ether oxygens (including phenoxy) is 1. The Morgan fingerprint density at radius 1 is 1.44 bits per heavy atom. The highest BCUT2D eigenvalue weighted by molar-refractivity contribution is 9.10. The quantitative estimate of drug-likeness (QED) is 0.919. The number of benzene rings is 1. The van der Waals surface area contributed by atoms with E-state index in [-0.39, 0.29) is 5.60 Å². The Morgan fingerprint density at radius 2 is 2.19 bits per heavy atom. The summed E-state index contributed by atoms with van der Waals surface area (Å²) in [5, 5.41) is 0.651. The molecule has 0 amide bonds. The van der Waals surface area contributed by atoms with Crippen LogP contribution in [-0.2, 0) is 0 Å². The molecular weight excluding hydrogens is 289 g/mol. The van der Waals surface area contributed by atoms with E-state index in [1.165, 1.54) is 6.42 Å². The Kier molecular flexibility index (Phi) is 3.77. The van der Waals surface area contributed by atoms with Gasteiger partial charge in [-0.15, -0.1) is 0 Å². The highest BCUT2D eigenvalue weighted by Gasteiger charge is 2.38. The average Bonchev–Trinajstić information content (AvgIpc) is 2.18. The minimum atomic E-state index is -0.0633. The largest absolute Gasteiger partial charge is 0.486 e. The minimum absolute atomic E-state index is 0.0633. The van der Waals surface area contributed by atoms with Gasteiger partial charge in [-0.2, -0.15) is 0 Å². The summed E-state index contributed by atoms with van der Waals surface area (Å²) >= 11 is 9.51. The molecule has 4 heteroatoms. The van der Waals surface area contributed by atoms with Crippen molar-refractivity contribution in [1.82, 2.24) is 0 Å². The monoisotopic (exact) mass is 303 g/mol. The van der Waals surface area contributed by atoms with Gasteiger partial charge in [0.15, 0.2) is 0 Å². The summed E-state index contributed by atoms with van der Waals surface area (Å²) in [6.07, 6.45) is 4.28. The van der Waals surface area contributed by atoms with E-state index < -0.39 is 0 Å². The molecule has 1 aromatic rings. The molecule has 1 saturated carbocycles. The van der Waals surface area contributed by atoms with Crippen LogP contribution in [0.15, 0.2) is 22.7 Å². The van der Waals surface area contributed by atoms with Crippen LogP contribution in [0.1, 0.15) is 25.7 Å². The number of hydrogen-bond acceptors (Lipinski definition) is 2. The van der Waals surface area contributed by atoms with Crippen molar-refractivity contribution in [3.63, 3.8) is 0 Å². The van der Waals surface area contributed by atoms with Gasteiger partial charge >= 0.3 is 0 Å². The van der Waals surface area contributed by atoms with E-state index in [0.717, 1.165) is 29.5 Å². The maximum atomic E-state index is 6.13. The van der Waals surface area contributed by atoms with E-state index in [0.29, 0.717) is 11.6 Å². The van der Waals surface area contributed by atoms with Crippen molar-refractivity contribution < 1.29 is 4.74 Å². The van der Waals surface area contributed by atoms with Crippen LogP contribution in [0.5, 0.6) is 5.75 Å². The van der Waals surface area contributed by atoms with Crippen molar-refractivity contribution in [2.24, 2.45) is 5.73 Å².